The summed E-state index contributed by atoms with van der Waals surface area (Å²) in [6, 6.07) is 13.7. The lowest BCUT2D eigenvalue weighted by atomic mass is 10.1. The molecule has 3 rings (SSSR count). The molecule has 0 radical (unpaired) electrons. The quantitative estimate of drug-likeness (QED) is 0.466. The first-order chi connectivity index (χ1) is 14.0. The highest BCUT2D eigenvalue weighted by molar-refractivity contribution is 7.09. The number of aryl methyl sites for hydroxylation is 2. The smallest absolute Gasteiger partial charge is 0.254 e. The number of amides is 1. The highest BCUT2D eigenvalue weighted by Crippen LogP contribution is 2.23. The minimum atomic E-state index is -0.0100. The van der Waals surface area contributed by atoms with E-state index in [1.807, 2.05) is 48.7 Å². The number of rotatable bonds is 8. The first kappa shape index (κ1) is 20.8. The number of aromatic nitrogens is 1. The number of hydrogen-bond donors (Lipinski definition) is 0. The number of ether oxygens (including phenoxy) is 1. The normalized spacial score (nSPS) is 10.6. The largest absolute Gasteiger partial charge is 0.486 e. The molecule has 0 saturated heterocycles. The highest BCUT2D eigenvalue weighted by Gasteiger charge is 2.18. The van der Waals surface area contributed by atoms with E-state index in [0.29, 0.717) is 25.3 Å². The Balaban J connectivity index is 1.68. The molecule has 150 valence electrons. The van der Waals surface area contributed by atoms with Crippen molar-refractivity contribution >= 4 is 17.2 Å². The first-order valence-corrected chi connectivity index (χ1v) is 10.5. The Morgan fingerprint density at radius 1 is 1.14 bits per heavy atom. The predicted molar refractivity (Wildman–Crippen MR) is 118 cm³/mol. The van der Waals surface area contributed by atoms with Gasteiger partial charge in [-0.3, -0.25) is 4.79 Å². The molecule has 4 nitrogen and oxygen atoms in total. The maximum Gasteiger partial charge on any atom is 0.254 e. The van der Waals surface area contributed by atoms with Crippen molar-refractivity contribution < 1.29 is 9.53 Å². The van der Waals surface area contributed by atoms with Gasteiger partial charge in [0.1, 0.15) is 17.4 Å². The molecular formula is C24H26N2O2S. The van der Waals surface area contributed by atoms with Gasteiger partial charge >= 0.3 is 0 Å². The van der Waals surface area contributed by atoms with Gasteiger partial charge in [-0.25, -0.2) is 4.98 Å². The maximum absolute atomic E-state index is 13.0. The van der Waals surface area contributed by atoms with E-state index >= 15 is 0 Å². The average molecular weight is 407 g/mol. The fourth-order valence-electron chi connectivity index (χ4n) is 3.06. The lowest BCUT2D eigenvalue weighted by Crippen LogP contribution is -2.31. The zero-order valence-corrected chi connectivity index (χ0v) is 18.0. The van der Waals surface area contributed by atoms with Crippen molar-refractivity contribution in [2.75, 3.05) is 6.54 Å². The zero-order chi connectivity index (χ0) is 20.8. The molecule has 0 unspecified atom stereocenters. The van der Waals surface area contributed by atoms with Crippen molar-refractivity contribution in [3.05, 3.63) is 93.5 Å². The van der Waals surface area contributed by atoms with E-state index in [2.05, 4.69) is 31.5 Å². The maximum atomic E-state index is 13.0. The molecule has 1 amide bonds. The molecule has 0 fully saturated rings. The summed E-state index contributed by atoms with van der Waals surface area (Å²) in [5, 5.41) is 2.88. The van der Waals surface area contributed by atoms with Crippen LogP contribution in [-0.4, -0.2) is 22.3 Å². The molecule has 0 aliphatic carbocycles. The van der Waals surface area contributed by atoms with E-state index in [4.69, 9.17) is 4.74 Å². The third-order valence-electron chi connectivity index (χ3n) is 4.87. The summed E-state index contributed by atoms with van der Waals surface area (Å²) in [7, 11) is 0. The molecule has 0 saturated carbocycles. The molecule has 0 spiro atoms. The van der Waals surface area contributed by atoms with Crippen LogP contribution in [0.1, 0.15) is 37.7 Å². The van der Waals surface area contributed by atoms with Gasteiger partial charge in [-0.2, -0.15) is 0 Å². The molecule has 0 aliphatic rings. The molecule has 0 aliphatic heterocycles. The molecule has 2 aromatic carbocycles. The molecular weight excluding hydrogens is 380 g/mol. The summed E-state index contributed by atoms with van der Waals surface area (Å²) in [6.45, 7) is 11.2. The van der Waals surface area contributed by atoms with Gasteiger partial charge in [-0.1, -0.05) is 36.4 Å². The molecule has 1 heterocycles. The molecule has 0 bridgehead atoms. The second-order valence-electron chi connectivity index (χ2n) is 7.01. The van der Waals surface area contributed by atoms with Crippen LogP contribution in [0.5, 0.6) is 5.75 Å². The van der Waals surface area contributed by atoms with E-state index in [1.165, 1.54) is 5.56 Å². The SMILES string of the molecule is C=CCN(Cc1csc(COc2cccc(C)c2C)n1)C(=O)c1ccccc1C. The van der Waals surface area contributed by atoms with Gasteiger partial charge in [0.15, 0.2) is 0 Å². The van der Waals surface area contributed by atoms with Crippen LogP contribution in [0.2, 0.25) is 0 Å². The van der Waals surface area contributed by atoms with Gasteiger partial charge < -0.3 is 9.64 Å². The third kappa shape index (κ3) is 5.12. The summed E-state index contributed by atoms with van der Waals surface area (Å²) >= 11 is 1.55. The Morgan fingerprint density at radius 2 is 1.90 bits per heavy atom. The molecule has 0 N–H and O–H groups in total. The number of carbonyl (C=O) groups excluding carboxylic acids is 1. The number of hydrogen-bond acceptors (Lipinski definition) is 4. The van der Waals surface area contributed by atoms with Crippen LogP contribution in [0, 0.1) is 20.8 Å². The summed E-state index contributed by atoms with van der Waals surface area (Å²) in [5.41, 5.74) is 4.89. The fraction of sp³-hybridized carbons (Fsp3) is 0.250. The lowest BCUT2D eigenvalue weighted by molar-refractivity contribution is 0.0760. The van der Waals surface area contributed by atoms with E-state index in [1.54, 1.807) is 22.3 Å². The standard InChI is InChI=1S/C24H26N2O2S/c1-5-13-26(24(27)21-11-7-6-9-18(21)3)14-20-16-29-23(25-20)15-28-22-12-8-10-17(2)19(22)4/h5-12,16H,1,13-15H2,2-4H3. The number of benzene rings is 2. The molecule has 1 aromatic heterocycles. The van der Waals surface area contributed by atoms with E-state index in [9.17, 15) is 4.79 Å². The van der Waals surface area contributed by atoms with E-state index in [0.717, 1.165) is 27.6 Å². The van der Waals surface area contributed by atoms with Crippen molar-refractivity contribution in [3.8, 4) is 5.75 Å². The van der Waals surface area contributed by atoms with Gasteiger partial charge in [0.2, 0.25) is 0 Å². The summed E-state index contributed by atoms with van der Waals surface area (Å²) in [4.78, 5) is 19.4. The van der Waals surface area contributed by atoms with E-state index < -0.39 is 0 Å². The summed E-state index contributed by atoms with van der Waals surface area (Å²) in [6.07, 6.45) is 1.74. The lowest BCUT2D eigenvalue weighted by Gasteiger charge is -2.21. The van der Waals surface area contributed by atoms with Gasteiger partial charge in [0.05, 0.1) is 12.2 Å². The zero-order valence-electron chi connectivity index (χ0n) is 17.1. The van der Waals surface area contributed by atoms with Crippen molar-refractivity contribution in [3.63, 3.8) is 0 Å². The van der Waals surface area contributed by atoms with Crippen LogP contribution in [-0.2, 0) is 13.2 Å². The van der Waals surface area contributed by atoms with Gasteiger partial charge in [-0.15, -0.1) is 17.9 Å². The monoisotopic (exact) mass is 406 g/mol. The Labute approximate surface area is 176 Å². The van der Waals surface area contributed by atoms with Gasteiger partial charge in [0, 0.05) is 17.5 Å². The van der Waals surface area contributed by atoms with Crippen molar-refractivity contribution in [1.29, 1.82) is 0 Å². The third-order valence-corrected chi connectivity index (χ3v) is 5.74. The number of thiazole rings is 1. The predicted octanol–water partition coefficient (Wildman–Crippen LogP) is 5.48. The van der Waals surface area contributed by atoms with Crippen molar-refractivity contribution in [2.45, 2.75) is 33.9 Å². The Hall–Kier alpha value is -2.92. The van der Waals surface area contributed by atoms with Crippen LogP contribution in [0.3, 0.4) is 0 Å². The second kappa shape index (κ2) is 9.52. The van der Waals surface area contributed by atoms with Crippen LogP contribution in [0.25, 0.3) is 0 Å². The van der Waals surface area contributed by atoms with Crippen LogP contribution < -0.4 is 4.74 Å². The Kier molecular flexibility index (Phi) is 6.83. The highest BCUT2D eigenvalue weighted by atomic mass is 32.1. The number of nitrogens with zero attached hydrogens (tertiary/aromatic N) is 2. The first-order valence-electron chi connectivity index (χ1n) is 9.57. The molecule has 29 heavy (non-hydrogen) atoms. The van der Waals surface area contributed by atoms with Crippen LogP contribution >= 0.6 is 11.3 Å². The number of carbonyl (C=O) groups is 1. The van der Waals surface area contributed by atoms with Crippen LogP contribution in [0.4, 0.5) is 0 Å². The minimum Gasteiger partial charge on any atom is -0.486 e. The minimum absolute atomic E-state index is 0.0100. The van der Waals surface area contributed by atoms with Crippen LogP contribution in [0.15, 0.2) is 60.5 Å². The van der Waals surface area contributed by atoms with Gasteiger partial charge in [0.25, 0.3) is 5.91 Å². The summed E-state index contributed by atoms with van der Waals surface area (Å²) in [5.74, 6) is 0.869. The average Bonchev–Trinajstić information content (AvgIpc) is 3.16. The van der Waals surface area contributed by atoms with Crippen molar-refractivity contribution in [1.82, 2.24) is 9.88 Å². The molecule has 3 aromatic rings. The fourth-order valence-corrected chi connectivity index (χ4v) is 3.76. The Bertz CT molecular complexity index is 1010. The molecule has 5 heteroatoms. The second-order valence-corrected chi connectivity index (χ2v) is 7.95. The van der Waals surface area contributed by atoms with Crippen molar-refractivity contribution in [2.24, 2.45) is 0 Å². The summed E-state index contributed by atoms with van der Waals surface area (Å²) < 4.78 is 5.95. The van der Waals surface area contributed by atoms with Gasteiger partial charge in [-0.05, 0) is 49.6 Å². The molecule has 0 atom stereocenters. The Morgan fingerprint density at radius 3 is 2.66 bits per heavy atom. The topological polar surface area (TPSA) is 42.4 Å². The van der Waals surface area contributed by atoms with E-state index in [-0.39, 0.29) is 5.91 Å².